The number of halogens is 8. The van der Waals surface area contributed by atoms with E-state index in [-0.39, 0.29) is 28.1 Å². The number of aromatic nitrogens is 2. The molecule has 0 saturated heterocycles. The Balaban J connectivity index is 1.99. The Bertz CT molecular complexity index is 1090. The first kappa shape index (κ1) is 22.4. The van der Waals surface area contributed by atoms with Gasteiger partial charge in [0, 0.05) is 12.5 Å². The summed E-state index contributed by atoms with van der Waals surface area (Å²) in [5.74, 6) is -2.76. The lowest BCUT2D eigenvalue weighted by Crippen LogP contribution is -2.34. The molecular formula is C20H13F8N3. The fourth-order valence-electron chi connectivity index (χ4n) is 2.89. The number of anilines is 2. The number of hydrogen-bond donors (Lipinski definition) is 0. The van der Waals surface area contributed by atoms with Crippen molar-refractivity contribution < 1.29 is 35.1 Å². The van der Waals surface area contributed by atoms with Gasteiger partial charge in [0.15, 0.2) is 0 Å². The Kier molecular flexibility index (Phi) is 5.88. The van der Waals surface area contributed by atoms with Gasteiger partial charge in [0.2, 0.25) is 0 Å². The van der Waals surface area contributed by atoms with E-state index in [2.05, 4.69) is 9.97 Å². The second-order valence-corrected chi connectivity index (χ2v) is 6.59. The Morgan fingerprint density at radius 3 is 2.13 bits per heavy atom. The van der Waals surface area contributed by atoms with Crippen molar-refractivity contribution in [3.8, 4) is 0 Å². The first-order chi connectivity index (χ1) is 14.4. The minimum Gasteiger partial charge on any atom is -0.241 e. The quantitative estimate of drug-likeness (QED) is 0.346. The standard InChI is InChI=1S/C20H13F8N3/c1-11-6-14(3-5-16(11)21)31(20(26,27)28)18-9-13(29-10-30-18)7-12-2-4-17(22)15(8-12)19(23,24)25/h2-6,8-10H,7H2,1H3. The first-order valence-corrected chi connectivity index (χ1v) is 8.66. The van der Waals surface area contributed by atoms with Gasteiger partial charge in [-0.2, -0.15) is 13.2 Å². The molecule has 0 amide bonds. The van der Waals surface area contributed by atoms with E-state index in [4.69, 9.17) is 0 Å². The third kappa shape index (κ3) is 5.09. The molecule has 0 radical (unpaired) electrons. The number of rotatable bonds is 4. The molecule has 2 aromatic carbocycles. The van der Waals surface area contributed by atoms with Crippen LogP contribution in [-0.2, 0) is 12.6 Å². The molecule has 31 heavy (non-hydrogen) atoms. The second-order valence-electron chi connectivity index (χ2n) is 6.59. The zero-order valence-corrected chi connectivity index (χ0v) is 15.7. The van der Waals surface area contributed by atoms with Gasteiger partial charge in [-0.3, -0.25) is 0 Å². The fraction of sp³-hybridized carbons (Fsp3) is 0.200. The van der Waals surface area contributed by atoms with E-state index >= 15 is 0 Å². The predicted molar refractivity (Wildman–Crippen MR) is 95.6 cm³/mol. The minimum atomic E-state index is -4.94. The Morgan fingerprint density at radius 1 is 0.839 bits per heavy atom. The van der Waals surface area contributed by atoms with E-state index in [1.165, 1.54) is 6.92 Å². The lowest BCUT2D eigenvalue weighted by atomic mass is 10.1. The van der Waals surface area contributed by atoms with Gasteiger partial charge in [0.05, 0.1) is 16.9 Å². The monoisotopic (exact) mass is 447 g/mol. The van der Waals surface area contributed by atoms with Crippen LogP contribution in [0.5, 0.6) is 0 Å². The Hall–Kier alpha value is -3.24. The van der Waals surface area contributed by atoms with Crippen LogP contribution in [0, 0.1) is 18.6 Å². The molecule has 0 aliphatic carbocycles. The van der Waals surface area contributed by atoms with Crippen LogP contribution in [0.15, 0.2) is 48.8 Å². The molecule has 0 spiro atoms. The SMILES string of the molecule is Cc1cc(N(c2cc(Cc3ccc(F)c(C(F)(F)F)c3)ncn2)C(F)(F)F)ccc1F. The van der Waals surface area contributed by atoms with Gasteiger partial charge in [-0.15, -0.1) is 13.2 Å². The average molecular weight is 447 g/mol. The topological polar surface area (TPSA) is 29.0 Å². The summed E-state index contributed by atoms with van der Waals surface area (Å²) in [5, 5.41) is 0. The summed E-state index contributed by atoms with van der Waals surface area (Å²) < 4.78 is 107. The molecule has 0 aliphatic rings. The van der Waals surface area contributed by atoms with Crippen molar-refractivity contribution in [3.63, 3.8) is 0 Å². The summed E-state index contributed by atoms with van der Waals surface area (Å²) in [7, 11) is 0. The molecule has 0 N–H and O–H groups in total. The van der Waals surface area contributed by atoms with E-state index in [0.717, 1.165) is 36.7 Å². The highest BCUT2D eigenvalue weighted by Gasteiger charge is 2.40. The molecule has 0 aliphatic heterocycles. The van der Waals surface area contributed by atoms with Crippen LogP contribution < -0.4 is 4.90 Å². The molecule has 1 heterocycles. The molecule has 3 nitrogen and oxygen atoms in total. The molecule has 164 valence electrons. The predicted octanol–water partition coefficient (Wildman–Crippen LogP) is 6.33. The molecule has 0 atom stereocenters. The smallest absolute Gasteiger partial charge is 0.241 e. The van der Waals surface area contributed by atoms with E-state index in [1.807, 2.05) is 0 Å². The van der Waals surface area contributed by atoms with Crippen LogP contribution in [0.2, 0.25) is 0 Å². The normalized spacial score (nSPS) is 12.2. The Labute approximate surface area is 171 Å². The maximum absolute atomic E-state index is 13.7. The number of benzene rings is 2. The van der Waals surface area contributed by atoms with Crippen LogP contribution in [0.25, 0.3) is 0 Å². The van der Waals surface area contributed by atoms with Crippen LogP contribution in [0.1, 0.15) is 22.4 Å². The van der Waals surface area contributed by atoms with Gasteiger partial charge in [-0.25, -0.2) is 23.6 Å². The maximum Gasteiger partial charge on any atom is 0.490 e. The largest absolute Gasteiger partial charge is 0.490 e. The number of hydrogen-bond acceptors (Lipinski definition) is 3. The highest BCUT2D eigenvalue weighted by atomic mass is 19.4. The van der Waals surface area contributed by atoms with Crippen molar-refractivity contribution >= 4 is 11.5 Å². The summed E-state index contributed by atoms with van der Waals surface area (Å²) in [6, 6.07) is 6.02. The molecule has 3 aromatic rings. The zero-order chi connectivity index (χ0) is 23.0. The summed E-state index contributed by atoms with van der Waals surface area (Å²) in [4.78, 5) is 7.31. The molecule has 11 heteroatoms. The van der Waals surface area contributed by atoms with E-state index in [0.29, 0.717) is 12.1 Å². The molecule has 3 rings (SSSR count). The molecule has 0 saturated carbocycles. The fourth-order valence-corrected chi connectivity index (χ4v) is 2.89. The van der Waals surface area contributed by atoms with Crippen LogP contribution in [0.3, 0.4) is 0 Å². The van der Waals surface area contributed by atoms with Crippen molar-refractivity contribution in [2.24, 2.45) is 0 Å². The Morgan fingerprint density at radius 2 is 1.52 bits per heavy atom. The van der Waals surface area contributed by atoms with E-state index in [1.54, 1.807) is 0 Å². The van der Waals surface area contributed by atoms with E-state index in [9.17, 15) is 35.1 Å². The third-order valence-corrected chi connectivity index (χ3v) is 4.31. The van der Waals surface area contributed by atoms with Crippen molar-refractivity contribution in [2.75, 3.05) is 4.90 Å². The average Bonchev–Trinajstić information content (AvgIpc) is 2.65. The van der Waals surface area contributed by atoms with Gasteiger partial charge < -0.3 is 0 Å². The second kappa shape index (κ2) is 8.12. The molecular weight excluding hydrogens is 434 g/mol. The first-order valence-electron chi connectivity index (χ1n) is 8.66. The van der Waals surface area contributed by atoms with Crippen molar-refractivity contribution in [2.45, 2.75) is 25.8 Å². The van der Waals surface area contributed by atoms with Crippen LogP contribution in [0.4, 0.5) is 46.6 Å². The molecule has 1 aromatic heterocycles. The number of alkyl halides is 6. The molecule has 0 fully saturated rings. The van der Waals surface area contributed by atoms with Gasteiger partial charge in [0.25, 0.3) is 0 Å². The molecule has 0 unspecified atom stereocenters. The summed E-state index contributed by atoms with van der Waals surface area (Å²) in [6.07, 6.45) is -9.33. The maximum atomic E-state index is 13.7. The molecule has 0 bridgehead atoms. The third-order valence-electron chi connectivity index (χ3n) is 4.31. The van der Waals surface area contributed by atoms with Gasteiger partial charge in [-0.05, 0) is 48.4 Å². The summed E-state index contributed by atoms with van der Waals surface area (Å²) in [5.41, 5.74) is -1.95. The zero-order valence-electron chi connectivity index (χ0n) is 15.7. The highest BCUT2D eigenvalue weighted by molar-refractivity contribution is 5.62. The van der Waals surface area contributed by atoms with Gasteiger partial charge in [0.1, 0.15) is 23.8 Å². The number of aryl methyl sites for hydroxylation is 1. The minimum absolute atomic E-state index is 0.00504. The lowest BCUT2D eigenvalue weighted by Gasteiger charge is -2.26. The van der Waals surface area contributed by atoms with Gasteiger partial charge >= 0.3 is 12.5 Å². The van der Waals surface area contributed by atoms with Crippen molar-refractivity contribution in [1.82, 2.24) is 9.97 Å². The summed E-state index contributed by atoms with van der Waals surface area (Å²) in [6.45, 7) is 1.30. The van der Waals surface area contributed by atoms with Crippen molar-refractivity contribution in [3.05, 3.63) is 82.8 Å². The van der Waals surface area contributed by atoms with Gasteiger partial charge in [-0.1, -0.05) is 6.07 Å². The number of nitrogens with zero attached hydrogens (tertiary/aromatic N) is 3. The highest BCUT2D eigenvalue weighted by Crippen LogP contribution is 2.36. The van der Waals surface area contributed by atoms with Crippen LogP contribution >= 0.6 is 0 Å². The van der Waals surface area contributed by atoms with Crippen LogP contribution in [-0.4, -0.2) is 16.3 Å². The van der Waals surface area contributed by atoms with Crippen molar-refractivity contribution in [1.29, 1.82) is 0 Å². The lowest BCUT2D eigenvalue weighted by molar-refractivity contribution is -0.140. The van der Waals surface area contributed by atoms with E-state index < -0.39 is 41.2 Å². The summed E-state index contributed by atoms with van der Waals surface area (Å²) >= 11 is 0.